The van der Waals surface area contributed by atoms with Crippen molar-refractivity contribution in [1.82, 2.24) is 15.0 Å². The van der Waals surface area contributed by atoms with Crippen LogP contribution in [0.4, 0.5) is 0 Å². The van der Waals surface area contributed by atoms with Gasteiger partial charge in [0.25, 0.3) is 0 Å². The number of fused-ring (bicyclic) bond motifs is 4. The number of furan rings is 1. The third-order valence-electron chi connectivity index (χ3n) is 6.00. The number of hydrogen-bond donors (Lipinski definition) is 0. The zero-order valence-corrected chi connectivity index (χ0v) is 18.3. The van der Waals surface area contributed by atoms with Gasteiger partial charge in [-0.15, -0.1) is 0 Å². The van der Waals surface area contributed by atoms with Crippen molar-refractivity contribution >= 4 is 32.7 Å². The summed E-state index contributed by atoms with van der Waals surface area (Å²) >= 11 is 0. The van der Waals surface area contributed by atoms with Crippen LogP contribution in [-0.4, -0.2) is 15.0 Å². The molecule has 7 rings (SSSR count). The van der Waals surface area contributed by atoms with Crippen molar-refractivity contribution in [3.05, 3.63) is 115 Å². The third kappa shape index (κ3) is 3.35. The van der Waals surface area contributed by atoms with E-state index in [-0.39, 0.29) is 29.3 Å². The fourth-order valence-corrected chi connectivity index (χ4v) is 4.35. The van der Waals surface area contributed by atoms with E-state index in [1.807, 2.05) is 72.8 Å². The zero-order chi connectivity index (χ0) is 27.5. The molecule has 7 aromatic rings. The van der Waals surface area contributed by atoms with E-state index < -0.39 is 18.1 Å². The summed E-state index contributed by atoms with van der Waals surface area (Å²) in [7, 11) is 0. The molecule has 0 aliphatic rings. The molecule has 0 aliphatic heterocycles. The van der Waals surface area contributed by atoms with E-state index in [2.05, 4.69) is 22.1 Å². The van der Waals surface area contributed by atoms with Crippen LogP contribution in [0.3, 0.4) is 0 Å². The van der Waals surface area contributed by atoms with E-state index in [4.69, 9.17) is 16.3 Å². The molecule has 0 aliphatic carbocycles. The lowest BCUT2D eigenvalue weighted by Crippen LogP contribution is -2.00. The largest absolute Gasteiger partial charge is 0.455 e. The summed E-state index contributed by atoms with van der Waals surface area (Å²) in [5.74, 6) is 0.566. The van der Waals surface area contributed by atoms with Gasteiger partial charge >= 0.3 is 0 Å². The number of hydrogen-bond acceptors (Lipinski definition) is 4. The lowest BCUT2D eigenvalue weighted by molar-refractivity contribution is 0.670. The molecule has 5 aromatic carbocycles. The Morgan fingerprint density at radius 3 is 2.06 bits per heavy atom. The third-order valence-corrected chi connectivity index (χ3v) is 6.00. The first kappa shape index (κ1) is 15.1. The molecule has 0 atom stereocenters. The van der Waals surface area contributed by atoms with Crippen LogP contribution in [0.2, 0.25) is 0 Å². The van der Waals surface area contributed by atoms with Crippen molar-refractivity contribution in [2.75, 3.05) is 0 Å². The minimum atomic E-state index is -0.476. The van der Waals surface area contributed by atoms with Crippen LogP contribution < -0.4 is 0 Å². The van der Waals surface area contributed by atoms with Crippen LogP contribution >= 0.6 is 0 Å². The second-order valence-corrected chi connectivity index (χ2v) is 8.15. The van der Waals surface area contributed by atoms with Gasteiger partial charge < -0.3 is 4.42 Å². The van der Waals surface area contributed by atoms with Gasteiger partial charge in [-0.2, -0.15) is 0 Å². The van der Waals surface area contributed by atoms with Gasteiger partial charge in [0.15, 0.2) is 17.5 Å². The summed E-state index contributed by atoms with van der Waals surface area (Å²) in [6.45, 7) is 0. The molecule has 0 N–H and O–H groups in total. The maximum absolute atomic E-state index is 8.51. The van der Waals surface area contributed by atoms with Gasteiger partial charge in [-0.3, -0.25) is 0 Å². The van der Waals surface area contributed by atoms with E-state index in [1.54, 1.807) is 0 Å². The molecule has 164 valence electrons. The molecule has 4 nitrogen and oxygen atoms in total. The standard InChI is InChI=1S/C31H19N3O/c1-3-10-20(11-4-1)29-32-30(21-12-5-2-6-13-21)34-31(33-29)25-17-9-16-24-26-18-22-14-7-8-15-23(22)19-27(26)35-28(24)25/h1-19H/i1D,3D,4D,10D,11D. The van der Waals surface area contributed by atoms with Gasteiger partial charge in [0.1, 0.15) is 11.2 Å². The van der Waals surface area contributed by atoms with Crippen LogP contribution in [0.5, 0.6) is 0 Å². The summed E-state index contributed by atoms with van der Waals surface area (Å²) in [5.41, 5.74) is 2.53. The monoisotopic (exact) mass is 454 g/mol. The lowest BCUT2D eigenvalue weighted by Gasteiger charge is -2.08. The first-order valence-electron chi connectivity index (χ1n) is 13.6. The highest BCUT2D eigenvalue weighted by Crippen LogP contribution is 2.37. The molecule has 0 unspecified atom stereocenters. The number of nitrogens with zero attached hydrogens (tertiary/aromatic N) is 3. The van der Waals surface area contributed by atoms with Crippen LogP contribution in [0.15, 0.2) is 120 Å². The maximum Gasteiger partial charge on any atom is 0.167 e. The topological polar surface area (TPSA) is 51.8 Å². The first-order chi connectivity index (χ1) is 19.4. The van der Waals surface area contributed by atoms with E-state index >= 15 is 0 Å². The molecule has 0 radical (unpaired) electrons. The van der Waals surface area contributed by atoms with Crippen molar-refractivity contribution in [3.63, 3.8) is 0 Å². The van der Waals surface area contributed by atoms with Crippen molar-refractivity contribution in [1.29, 1.82) is 0 Å². The Hall–Kier alpha value is -4.83. The minimum Gasteiger partial charge on any atom is -0.455 e. The van der Waals surface area contributed by atoms with Gasteiger partial charge in [0.05, 0.1) is 12.4 Å². The van der Waals surface area contributed by atoms with E-state index in [0.717, 1.165) is 27.1 Å². The molecular weight excluding hydrogens is 430 g/mol. The Bertz CT molecular complexity index is 2100. The highest BCUT2D eigenvalue weighted by atomic mass is 16.3. The van der Waals surface area contributed by atoms with E-state index in [9.17, 15) is 0 Å². The van der Waals surface area contributed by atoms with Crippen molar-refractivity contribution < 1.29 is 11.3 Å². The number of para-hydroxylation sites is 1. The predicted octanol–water partition coefficient (Wildman–Crippen LogP) is 7.93. The Kier molecular flexibility index (Phi) is 3.41. The predicted molar refractivity (Wildman–Crippen MR) is 141 cm³/mol. The fourth-order valence-electron chi connectivity index (χ4n) is 4.35. The first-order valence-corrected chi connectivity index (χ1v) is 11.1. The Labute approximate surface area is 208 Å². The summed E-state index contributed by atoms with van der Waals surface area (Å²) in [6, 6.07) is 25.0. The van der Waals surface area contributed by atoms with Crippen LogP contribution in [0.1, 0.15) is 6.85 Å². The summed E-state index contributed by atoms with van der Waals surface area (Å²) < 4.78 is 47.7. The molecular formula is C31H19N3O. The van der Waals surface area contributed by atoms with Crippen molar-refractivity contribution in [2.45, 2.75) is 0 Å². The van der Waals surface area contributed by atoms with Crippen molar-refractivity contribution in [3.8, 4) is 34.2 Å². The fraction of sp³-hybridized carbons (Fsp3) is 0. The molecule has 4 heteroatoms. The molecule has 35 heavy (non-hydrogen) atoms. The Morgan fingerprint density at radius 1 is 0.571 bits per heavy atom. The van der Waals surface area contributed by atoms with Crippen molar-refractivity contribution in [2.24, 2.45) is 0 Å². The molecule has 2 heterocycles. The quantitative estimate of drug-likeness (QED) is 0.272. The second-order valence-electron chi connectivity index (χ2n) is 8.15. The van der Waals surface area contributed by atoms with Crippen LogP contribution in [0, 0.1) is 0 Å². The molecule has 0 amide bonds. The van der Waals surface area contributed by atoms with Gasteiger partial charge in [0.2, 0.25) is 0 Å². The minimum absolute atomic E-state index is 0.0142. The highest BCUT2D eigenvalue weighted by molar-refractivity contribution is 6.12. The average Bonchev–Trinajstić information content (AvgIpc) is 3.35. The van der Waals surface area contributed by atoms with Gasteiger partial charge in [0, 0.05) is 21.9 Å². The molecule has 2 aromatic heterocycles. The van der Waals surface area contributed by atoms with Gasteiger partial charge in [-0.05, 0) is 29.0 Å². The SMILES string of the molecule is [2H]c1c([2H])c([2H])c(-c2nc(-c3ccccc3)nc(-c3cccc4c3oc3cc5ccccc5cc34)n2)c([2H])c1[2H]. The lowest BCUT2D eigenvalue weighted by atomic mass is 10.0. The zero-order valence-electron chi connectivity index (χ0n) is 23.3. The summed E-state index contributed by atoms with van der Waals surface area (Å²) in [4.78, 5) is 14.0. The average molecular weight is 455 g/mol. The van der Waals surface area contributed by atoms with E-state index in [0.29, 0.717) is 22.5 Å². The van der Waals surface area contributed by atoms with E-state index in [1.165, 1.54) is 0 Å². The second kappa shape index (κ2) is 7.89. The summed E-state index contributed by atoms with van der Waals surface area (Å²) in [5, 5.41) is 4.01. The molecule has 0 saturated carbocycles. The van der Waals surface area contributed by atoms with Crippen LogP contribution in [0.25, 0.3) is 66.9 Å². The smallest absolute Gasteiger partial charge is 0.167 e. The van der Waals surface area contributed by atoms with Crippen LogP contribution in [-0.2, 0) is 0 Å². The molecule has 0 saturated heterocycles. The normalized spacial score (nSPS) is 13.4. The van der Waals surface area contributed by atoms with Gasteiger partial charge in [-0.25, -0.2) is 15.0 Å². The highest BCUT2D eigenvalue weighted by Gasteiger charge is 2.17. The number of rotatable bonds is 3. The molecule has 0 spiro atoms. The Morgan fingerprint density at radius 2 is 1.26 bits per heavy atom. The molecule has 0 bridgehead atoms. The van der Waals surface area contributed by atoms with Gasteiger partial charge in [-0.1, -0.05) is 96.9 Å². The number of aromatic nitrogens is 3. The molecule has 0 fully saturated rings. The maximum atomic E-state index is 8.51. The number of benzene rings is 5. The summed E-state index contributed by atoms with van der Waals surface area (Å²) in [6.07, 6.45) is 0. The Balaban J connectivity index is 1.53.